The van der Waals surface area contributed by atoms with Gasteiger partial charge in [0.2, 0.25) is 5.91 Å². The maximum Gasteiger partial charge on any atom is 0.416 e. The second-order valence-corrected chi connectivity index (χ2v) is 5.64. The molecule has 1 aliphatic heterocycles. The summed E-state index contributed by atoms with van der Waals surface area (Å²) in [5, 5.41) is 4.94. The predicted octanol–water partition coefficient (Wildman–Crippen LogP) is 2.26. The van der Waals surface area contributed by atoms with E-state index in [0.717, 1.165) is 12.1 Å². The topological polar surface area (TPSA) is 61.4 Å². The van der Waals surface area contributed by atoms with Gasteiger partial charge in [0.15, 0.2) is 0 Å². The summed E-state index contributed by atoms with van der Waals surface area (Å²) in [6.07, 6.45) is -3.93. The highest BCUT2D eigenvalue weighted by Crippen LogP contribution is 2.32. The van der Waals surface area contributed by atoms with Gasteiger partial charge in [-0.3, -0.25) is 4.79 Å². The molecule has 24 heavy (non-hydrogen) atoms. The molecule has 3 amide bonds. The van der Waals surface area contributed by atoms with Crippen LogP contribution in [0.1, 0.15) is 24.0 Å². The molecule has 0 aromatic heterocycles. The summed E-state index contributed by atoms with van der Waals surface area (Å²) in [4.78, 5) is 24.7. The maximum atomic E-state index is 13.0. The van der Waals surface area contributed by atoms with Crippen LogP contribution in [0.25, 0.3) is 0 Å². The molecule has 2 rings (SSSR count). The molecule has 1 atom stereocenters. The van der Waals surface area contributed by atoms with E-state index >= 15 is 0 Å². The molecule has 2 N–H and O–H groups in total. The molecule has 9 heteroatoms. The lowest BCUT2D eigenvalue weighted by Crippen LogP contribution is -2.51. The van der Waals surface area contributed by atoms with E-state index in [1.807, 2.05) is 0 Å². The van der Waals surface area contributed by atoms with Crippen molar-refractivity contribution < 1.29 is 27.2 Å². The Kier molecular flexibility index (Phi) is 5.30. The summed E-state index contributed by atoms with van der Waals surface area (Å²) >= 11 is 0. The number of likely N-dealkylation sites (tertiary alicyclic amines) is 1. The van der Waals surface area contributed by atoms with Crippen LogP contribution in [0.15, 0.2) is 18.2 Å². The lowest BCUT2D eigenvalue weighted by atomic mass is 10.1. The molecular weight excluding hydrogens is 330 g/mol. The number of likely N-dealkylation sites (N-methyl/N-ethyl adjacent to an activating group) is 1. The van der Waals surface area contributed by atoms with Crippen LogP contribution in [-0.2, 0) is 17.5 Å². The molecule has 1 saturated heterocycles. The minimum absolute atomic E-state index is 0.0189. The lowest BCUT2D eigenvalue weighted by Gasteiger charge is -2.30. The third kappa shape index (κ3) is 4.59. The molecule has 1 aromatic carbocycles. The number of piperidine rings is 1. The first-order valence-corrected chi connectivity index (χ1v) is 7.31. The van der Waals surface area contributed by atoms with Crippen LogP contribution in [0.5, 0.6) is 0 Å². The third-order valence-electron chi connectivity index (χ3n) is 3.78. The molecule has 1 unspecified atom stereocenters. The molecule has 0 spiro atoms. The predicted molar refractivity (Wildman–Crippen MR) is 77.4 cm³/mol. The van der Waals surface area contributed by atoms with Crippen LogP contribution in [0.2, 0.25) is 0 Å². The fourth-order valence-electron chi connectivity index (χ4n) is 2.51. The molecule has 0 saturated carbocycles. The number of carbonyl (C=O) groups is 2. The number of amides is 3. The van der Waals surface area contributed by atoms with Crippen LogP contribution >= 0.6 is 0 Å². The first kappa shape index (κ1) is 18.0. The Morgan fingerprint density at radius 3 is 2.71 bits per heavy atom. The fraction of sp³-hybridized carbons (Fsp3) is 0.467. The second kappa shape index (κ2) is 7.06. The smallest absolute Gasteiger partial charge is 0.344 e. The first-order valence-electron chi connectivity index (χ1n) is 7.31. The van der Waals surface area contributed by atoms with Crippen molar-refractivity contribution in [2.24, 2.45) is 0 Å². The van der Waals surface area contributed by atoms with Crippen molar-refractivity contribution in [2.75, 3.05) is 13.6 Å². The van der Waals surface area contributed by atoms with Crippen LogP contribution in [0.3, 0.4) is 0 Å². The summed E-state index contributed by atoms with van der Waals surface area (Å²) in [6, 6.07) is 1.40. The van der Waals surface area contributed by atoms with Crippen molar-refractivity contribution >= 4 is 11.9 Å². The quantitative estimate of drug-likeness (QED) is 0.824. The van der Waals surface area contributed by atoms with Crippen molar-refractivity contribution in [3.05, 3.63) is 35.1 Å². The Morgan fingerprint density at radius 1 is 1.38 bits per heavy atom. The van der Waals surface area contributed by atoms with Crippen LogP contribution in [0, 0.1) is 5.82 Å². The first-order chi connectivity index (χ1) is 11.2. The van der Waals surface area contributed by atoms with Gasteiger partial charge in [-0.15, -0.1) is 0 Å². The molecule has 0 bridgehead atoms. The van der Waals surface area contributed by atoms with Crippen molar-refractivity contribution in [2.45, 2.75) is 31.6 Å². The SMILES string of the molecule is CN1CC(NC(=O)NCc2ccc(F)cc2C(F)(F)F)CCC1=O. The standard InChI is InChI=1S/C15H17F4N3O2/c1-22-8-11(4-5-13(22)23)21-14(24)20-7-9-2-3-10(16)6-12(9)15(17,18)19/h2-3,6,11H,4-5,7-8H2,1H3,(H2,20,21,24). The van der Waals surface area contributed by atoms with Gasteiger partial charge in [0.1, 0.15) is 5.82 Å². The average molecular weight is 347 g/mol. The van der Waals surface area contributed by atoms with Gasteiger partial charge >= 0.3 is 12.2 Å². The van der Waals surface area contributed by atoms with Gasteiger partial charge in [0, 0.05) is 32.6 Å². The highest BCUT2D eigenvalue weighted by molar-refractivity contribution is 5.78. The molecule has 0 aliphatic carbocycles. The zero-order chi connectivity index (χ0) is 17.9. The number of rotatable bonds is 3. The van der Waals surface area contributed by atoms with E-state index in [2.05, 4.69) is 10.6 Å². The van der Waals surface area contributed by atoms with Crippen molar-refractivity contribution in [3.8, 4) is 0 Å². The molecule has 1 aliphatic rings. The van der Waals surface area contributed by atoms with E-state index in [-0.39, 0.29) is 24.1 Å². The zero-order valence-corrected chi connectivity index (χ0v) is 12.9. The van der Waals surface area contributed by atoms with E-state index in [0.29, 0.717) is 25.5 Å². The summed E-state index contributed by atoms with van der Waals surface area (Å²) in [6.45, 7) is -0.0426. The van der Waals surface area contributed by atoms with Gasteiger partial charge in [0.25, 0.3) is 0 Å². The van der Waals surface area contributed by atoms with Gasteiger partial charge in [-0.05, 0) is 24.1 Å². The lowest BCUT2D eigenvalue weighted by molar-refractivity contribution is -0.138. The van der Waals surface area contributed by atoms with Crippen molar-refractivity contribution in [1.82, 2.24) is 15.5 Å². The highest BCUT2D eigenvalue weighted by Gasteiger charge is 2.33. The van der Waals surface area contributed by atoms with Gasteiger partial charge in [-0.1, -0.05) is 6.07 Å². The highest BCUT2D eigenvalue weighted by atomic mass is 19.4. The number of benzene rings is 1. The molecule has 1 heterocycles. The summed E-state index contributed by atoms with van der Waals surface area (Å²) in [7, 11) is 1.61. The Morgan fingerprint density at radius 2 is 2.08 bits per heavy atom. The number of nitrogens with one attached hydrogen (secondary N) is 2. The van der Waals surface area contributed by atoms with Crippen LogP contribution in [0.4, 0.5) is 22.4 Å². The maximum absolute atomic E-state index is 13.0. The van der Waals surface area contributed by atoms with Crippen molar-refractivity contribution in [1.29, 1.82) is 0 Å². The Bertz CT molecular complexity index is 634. The molecular formula is C15H17F4N3O2. The normalized spacial score (nSPS) is 18.5. The van der Waals surface area contributed by atoms with Gasteiger partial charge in [-0.25, -0.2) is 9.18 Å². The largest absolute Gasteiger partial charge is 0.416 e. The number of alkyl halides is 3. The number of nitrogens with zero attached hydrogens (tertiary/aromatic N) is 1. The van der Waals surface area contributed by atoms with E-state index in [1.54, 1.807) is 7.05 Å². The van der Waals surface area contributed by atoms with Gasteiger partial charge < -0.3 is 15.5 Å². The summed E-state index contributed by atoms with van der Waals surface area (Å²) in [5.74, 6) is -1.01. The number of carbonyl (C=O) groups excluding carboxylic acids is 2. The van der Waals surface area contributed by atoms with Crippen LogP contribution < -0.4 is 10.6 Å². The van der Waals surface area contributed by atoms with E-state index in [4.69, 9.17) is 0 Å². The molecule has 1 aromatic rings. The Hall–Kier alpha value is -2.32. The van der Waals surface area contributed by atoms with Crippen molar-refractivity contribution in [3.63, 3.8) is 0 Å². The number of hydrogen-bond acceptors (Lipinski definition) is 2. The molecule has 5 nitrogen and oxygen atoms in total. The summed E-state index contributed by atoms with van der Waals surface area (Å²) in [5.41, 5.74) is -1.35. The van der Waals surface area contributed by atoms with E-state index in [1.165, 1.54) is 4.90 Å². The number of halogens is 4. The fourth-order valence-corrected chi connectivity index (χ4v) is 2.51. The Balaban J connectivity index is 1.94. The monoisotopic (exact) mass is 347 g/mol. The Labute approximate surface area is 136 Å². The summed E-state index contributed by atoms with van der Waals surface area (Å²) < 4.78 is 51.6. The molecule has 132 valence electrons. The van der Waals surface area contributed by atoms with E-state index < -0.39 is 23.6 Å². The van der Waals surface area contributed by atoms with Gasteiger partial charge in [0.05, 0.1) is 5.56 Å². The number of hydrogen-bond donors (Lipinski definition) is 2. The minimum atomic E-state index is -4.71. The van der Waals surface area contributed by atoms with E-state index in [9.17, 15) is 27.2 Å². The second-order valence-electron chi connectivity index (χ2n) is 5.64. The molecule has 0 radical (unpaired) electrons. The number of urea groups is 1. The minimum Gasteiger partial charge on any atom is -0.344 e. The zero-order valence-electron chi connectivity index (χ0n) is 12.9. The van der Waals surface area contributed by atoms with Crippen LogP contribution in [-0.4, -0.2) is 36.5 Å². The van der Waals surface area contributed by atoms with Gasteiger partial charge in [-0.2, -0.15) is 13.2 Å². The third-order valence-corrected chi connectivity index (χ3v) is 3.78. The molecule has 1 fully saturated rings. The average Bonchev–Trinajstić information content (AvgIpc) is 2.49.